The highest BCUT2D eigenvalue weighted by Crippen LogP contribution is 2.76. The number of hydrogen-bond acceptors (Lipinski definition) is 3. The Labute approximate surface area is 257 Å². The molecule has 0 aromatic rings. The first-order chi connectivity index (χ1) is 19.7. The molecule has 3 nitrogen and oxygen atoms in total. The summed E-state index contributed by atoms with van der Waals surface area (Å²) in [6.45, 7) is 22.4. The van der Waals surface area contributed by atoms with E-state index in [2.05, 4.69) is 60.3 Å². The first-order valence-corrected chi connectivity index (χ1v) is 17.7. The minimum Gasteiger partial charge on any atom is -0.466 e. The summed E-state index contributed by atoms with van der Waals surface area (Å²) < 4.78 is 5.32. The second kappa shape index (κ2) is 10.3. The molecule has 6 rings (SSSR count). The monoisotopic (exact) mass is 575 g/mol. The fourth-order valence-electron chi connectivity index (χ4n) is 12.9. The quantitative estimate of drug-likeness (QED) is 0.268. The van der Waals surface area contributed by atoms with Crippen LogP contribution in [0.15, 0.2) is 35.5 Å². The molecule has 0 saturated heterocycles. The number of ether oxygens (including phenoxy) is 1. The Bertz CT molecular complexity index is 1170. The van der Waals surface area contributed by atoms with Gasteiger partial charge in [-0.1, -0.05) is 64.5 Å². The lowest BCUT2D eigenvalue weighted by Gasteiger charge is -2.72. The Hall–Kier alpha value is -1.35. The highest BCUT2D eigenvalue weighted by Gasteiger charge is 2.69. The summed E-state index contributed by atoms with van der Waals surface area (Å²) in [7, 11) is 0. The average molecular weight is 576 g/mol. The number of esters is 1. The zero-order valence-corrected chi connectivity index (χ0v) is 28.1. The molecule has 0 aliphatic heterocycles. The molecule has 42 heavy (non-hydrogen) atoms. The topological polar surface area (TPSA) is 52.3 Å². The molecule has 6 aliphatic carbocycles. The van der Waals surface area contributed by atoms with Gasteiger partial charge < -0.3 is 10.5 Å². The van der Waals surface area contributed by atoms with Crippen molar-refractivity contribution in [3.8, 4) is 0 Å². The summed E-state index contributed by atoms with van der Waals surface area (Å²) in [6, 6.07) is 0. The molecule has 0 aromatic carbocycles. The average Bonchev–Trinajstić information content (AvgIpc) is 3.29. The minimum atomic E-state index is 0.0106. The van der Waals surface area contributed by atoms with Crippen molar-refractivity contribution in [2.45, 2.75) is 137 Å². The van der Waals surface area contributed by atoms with Crippen molar-refractivity contribution in [2.24, 2.45) is 62.9 Å². The largest absolute Gasteiger partial charge is 0.466 e. The summed E-state index contributed by atoms with van der Waals surface area (Å²) in [6.07, 6.45) is 20.8. The molecule has 9 atom stereocenters. The lowest BCUT2D eigenvalue weighted by atomic mass is 9.33. The van der Waals surface area contributed by atoms with Crippen LogP contribution in [0, 0.1) is 57.2 Å². The van der Waals surface area contributed by atoms with Gasteiger partial charge in [0, 0.05) is 5.54 Å². The van der Waals surface area contributed by atoms with Crippen molar-refractivity contribution in [2.75, 3.05) is 6.61 Å². The molecule has 0 radical (unpaired) electrons. The Balaban J connectivity index is 1.26. The summed E-state index contributed by atoms with van der Waals surface area (Å²) in [5, 5.41) is 0. The maximum atomic E-state index is 12.3. The van der Waals surface area contributed by atoms with Crippen molar-refractivity contribution in [3.05, 3.63) is 35.5 Å². The Morgan fingerprint density at radius 1 is 0.952 bits per heavy atom. The summed E-state index contributed by atoms with van der Waals surface area (Å²) in [4.78, 5) is 12.3. The van der Waals surface area contributed by atoms with Crippen molar-refractivity contribution in [1.82, 2.24) is 0 Å². The van der Waals surface area contributed by atoms with Gasteiger partial charge in [-0.2, -0.15) is 0 Å². The number of hydrogen-bond donors (Lipinski definition) is 1. The number of carbonyl (C=O) groups excluding carboxylic acids is 1. The van der Waals surface area contributed by atoms with E-state index >= 15 is 0 Å². The van der Waals surface area contributed by atoms with E-state index in [9.17, 15) is 4.79 Å². The fourth-order valence-corrected chi connectivity index (χ4v) is 12.9. The standard InChI is InChI=1S/C39H61NO2/c1-9-42-34(41)27-12-10-26(11-13-27)24-28-16-19-36(6)31(35(28,4)5)18-20-38(8)32(36)15-14-30-33-29(25(2)3)17-21-39(33,40)23-22-37(30,38)7/h16,24,27,29-33H,2,9-15,17-23,40H2,1,3-8H3. The lowest BCUT2D eigenvalue weighted by molar-refractivity contribution is -0.219. The van der Waals surface area contributed by atoms with Gasteiger partial charge in [0.1, 0.15) is 0 Å². The van der Waals surface area contributed by atoms with Crippen molar-refractivity contribution in [1.29, 1.82) is 0 Å². The van der Waals surface area contributed by atoms with Gasteiger partial charge in [-0.05, 0) is 154 Å². The summed E-state index contributed by atoms with van der Waals surface area (Å²) in [5.74, 6) is 3.55. The van der Waals surface area contributed by atoms with Crippen LogP contribution in [0.3, 0.4) is 0 Å². The summed E-state index contributed by atoms with van der Waals surface area (Å²) in [5.41, 5.74) is 13.1. The highest BCUT2D eigenvalue weighted by molar-refractivity contribution is 5.72. The van der Waals surface area contributed by atoms with Gasteiger partial charge in [0.2, 0.25) is 0 Å². The maximum absolute atomic E-state index is 12.3. The number of allylic oxidation sites excluding steroid dienone is 5. The van der Waals surface area contributed by atoms with Gasteiger partial charge in [0.05, 0.1) is 12.5 Å². The van der Waals surface area contributed by atoms with Crippen LogP contribution in [0.4, 0.5) is 0 Å². The van der Waals surface area contributed by atoms with E-state index < -0.39 is 0 Å². The Kier molecular flexibility index (Phi) is 7.56. The second-order valence-electron chi connectivity index (χ2n) is 17.3. The van der Waals surface area contributed by atoms with Gasteiger partial charge in [-0.25, -0.2) is 0 Å². The lowest BCUT2D eigenvalue weighted by Crippen LogP contribution is -2.67. The molecule has 2 N–H and O–H groups in total. The van der Waals surface area contributed by atoms with Crippen molar-refractivity contribution >= 4 is 5.97 Å². The third-order valence-corrected chi connectivity index (χ3v) is 15.4. The van der Waals surface area contributed by atoms with Crippen molar-refractivity contribution in [3.63, 3.8) is 0 Å². The maximum Gasteiger partial charge on any atom is 0.308 e. The van der Waals surface area contributed by atoms with Crippen LogP contribution in [0.25, 0.3) is 0 Å². The first kappa shape index (κ1) is 30.7. The molecule has 3 heteroatoms. The predicted molar refractivity (Wildman–Crippen MR) is 174 cm³/mol. The van der Waals surface area contributed by atoms with E-state index in [1.807, 2.05) is 6.92 Å². The molecule has 0 heterocycles. The second-order valence-corrected chi connectivity index (χ2v) is 17.3. The minimum absolute atomic E-state index is 0.0106. The molecule has 0 bridgehead atoms. The Morgan fingerprint density at radius 2 is 1.67 bits per heavy atom. The van der Waals surface area contributed by atoms with Crippen LogP contribution in [0.5, 0.6) is 0 Å². The molecular formula is C39H61NO2. The van der Waals surface area contributed by atoms with Gasteiger partial charge in [-0.3, -0.25) is 4.79 Å². The van der Waals surface area contributed by atoms with Crippen molar-refractivity contribution < 1.29 is 9.53 Å². The van der Waals surface area contributed by atoms with Crippen LogP contribution in [-0.2, 0) is 9.53 Å². The molecule has 0 amide bonds. The van der Waals surface area contributed by atoms with E-state index in [1.54, 1.807) is 11.1 Å². The molecule has 6 aliphatic rings. The van der Waals surface area contributed by atoms with Crippen LogP contribution < -0.4 is 5.73 Å². The van der Waals surface area contributed by atoms with E-state index in [0.717, 1.165) is 37.5 Å². The van der Waals surface area contributed by atoms with Crippen LogP contribution in [-0.4, -0.2) is 18.1 Å². The third-order valence-electron chi connectivity index (χ3n) is 15.4. The number of fused-ring (bicyclic) bond motifs is 7. The number of nitrogens with two attached hydrogens (primary N) is 1. The van der Waals surface area contributed by atoms with E-state index in [0.29, 0.717) is 40.6 Å². The molecular weight excluding hydrogens is 514 g/mol. The van der Waals surface area contributed by atoms with Gasteiger partial charge in [-0.15, -0.1) is 0 Å². The van der Waals surface area contributed by atoms with Gasteiger partial charge >= 0.3 is 5.97 Å². The fraction of sp³-hybridized carbons (Fsp3) is 0.821. The van der Waals surface area contributed by atoms with E-state index in [1.165, 1.54) is 63.4 Å². The molecule has 0 spiro atoms. The smallest absolute Gasteiger partial charge is 0.308 e. The molecule has 5 saturated carbocycles. The summed E-state index contributed by atoms with van der Waals surface area (Å²) >= 11 is 0. The number of rotatable bonds is 4. The highest BCUT2D eigenvalue weighted by atomic mass is 16.5. The SMILES string of the molecule is C=C(C)C1CCC2(N)CCC3(C)C(CCC4C5(C)CC=C(C=C6CCC(C(=O)OCC)CC6)C(C)(C)C5CCC43C)C12. The predicted octanol–water partition coefficient (Wildman–Crippen LogP) is 9.57. The first-order valence-electron chi connectivity index (χ1n) is 17.7. The normalized spacial score (nSPS) is 47.7. The zero-order valence-electron chi connectivity index (χ0n) is 28.1. The van der Waals surface area contributed by atoms with E-state index in [-0.39, 0.29) is 22.8 Å². The Morgan fingerprint density at radius 3 is 2.33 bits per heavy atom. The zero-order chi connectivity index (χ0) is 30.3. The van der Waals surface area contributed by atoms with Crippen LogP contribution in [0.2, 0.25) is 0 Å². The van der Waals surface area contributed by atoms with Crippen LogP contribution in [0.1, 0.15) is 132 Å². The van der Waals surface area contributed by atoms with Gasteiger partial charge in [0.25, 0.3) is 0 Å². The molecule has 0 aromatic heterocycles. The number of carbonyl (C=O) groups is 1. The molecule has 234 valence electrons. The molecule has 9 unspecified atom stereocenters. The molecule has 5 fully saturated rings. The van der Waals surface area contributed by atoms with Crippen LogP contribution >= 0.6 is 0 Å². The van der Waals surface area contributed by atoms with Gasteiger partial charge in [0.15, 0.2) is 0 Å². The third kappa shape index (κ3) is 4.32. The van der Waals surface area contributed by atoms with E-state index in [4.69, 9.17) is 10.5 Å².